The average molecular weight is 270 g/mol. The van der Waals surface area contributed by atoms with Gasteiger partial charge in [0.25, 0.3) is 0 Å². The second kappa shape index (κ2) is 5.77. The lowest BCUT2D eigenvalue weighted by atomic mass is 9.95. The second-order valence-electron chi connectivity index (χ2n) is 5.53. The molecule has 0 spiro atoms. The number of carbonyl (C=O) groups excluding carboxylic acids is 1. The summed E-state index contributed by atoms with van der Waals surface area (Å²) in [6.45, 7) is 5.98. The zero-order valence-electron chi connectivity index (χ0n) is 11.9. The predicted molar refractivity (Wildman–Crippen MR) is 76.6 cm³/mol. The monoisotopic (exact) mass is 270 g/mol. The van der Waals surface area contributed by atoms with Crippen LogP contribution in [0.1, 0.15) is 26.5 Å². The first-order valence-electron chi connectivity index (χ1n) is 6.47. The highest BCUT2D eigenvalue weighted by atomic mass is 16.2. The molecule has 104 valence electrons. The Morgan fingerprint density at radius 1 is 1.20 bits per heavy atom. The third-order valence-electron chi connectivity index (χ3n) is 2.81. The number of nitrogens with one attached hydrogen (secondary N) is 1. The molecule has 0 saturated heterocycles. The SMILES string of the molecule is CC(C)(C)C(=O)NCc1nccnc1-c1cccnc1. The average Bonchev–Trinajstić information content (AvgIpc) is 2.45. The lowest BCUT2D eigenvalue weighted by Gasteiger charge is -2.18. The maximum absolute atomic E-state index is 11.9. The number of amides is 1. The smallest absolute Gasteiger partial charge is 0.225 e. The molecule has 0 atom stereocenters. The van der Waals surface area contributed by atoms with Gasteiger partial charge in [-0.2, -0.15) is 0 Å². The molecule has 0 bridgehead atoms. The van der Waals surface area contributed by atoms with Crippen LogP contribution >= 0.6 is 0 Å². The van der Waals surface area contributed by atoms with Crippen LogP contribution in [0, 0.1) is 5.41 Å². The normalized spacial score (nSPS) is 11.2. The Morgan fingerprint density at radius 3 is 2.60 bits per heavy atom. The van der Waals surface area contributed by atoms with Gasteiger partial charge in [-0.05, 0) is 12.1 Å². The van der Waals surface area contributed by atoms with Crippen LogP contribution in [-0.2, 0) is 11.3 Å². The topological polar surface area (TPSA) is 67.8 Å². The summed E-state index contributed by atoms with van der Waals surface area (Å²) in [6.07, 6.45) is 6.70. The van der Waals surface area contributed by atoms with Gasteiger partial charge in [0.15, 0.2) is 0 Å². The van der Waals surface area contributed by atoms with E-state index in [1.807, 2.05) is 32.9 Å². The number of nitrogens with zero attached hydrogens (tertiary/aromatic N) is 3. The largest absolute Gasteiger partial charge is 0.350 e. The van der Waals surface area contributed by atoms with Crippen LogP contribution < -0.4 is 5.32 Å². The number of aromatic nitrogens is 3. The standard InChI is InChI=1S/C15H18N4O/c1-15(2,3)14(20)19-10-12-13(18-8-7-17-12)11-5-4-6-16-9-11/h4-9H,10H2,1-3H3,(H,19,20). The van der Waals surface area contributed by atoms with E-state index in [1.54, 1.807) is 24.8 Å². The molecular weight excluding hydrogens is 252 g/mol. The molecule has 1 amide bonds. The number of carbonyl (C=O) groups is 1. The third-order valence-corrected chi connectivity index (χ3v) is 2.81. The maximum atomic E-state index is 11.9. The van der Waals surface area contributed by atoms with E-state index in [4.69, 9.17) is 0 Å². The molecule has 0 aromatic carbocycles. The Labute approximate surface area is 118 Å². The summed E-state index contributed by atoms with van der Waals surface area (Å²) in [4.78, 5) is 24.6. The number of pyridine rings is 1. The Balaban J connectivity index is 2.20. The van der Waals surface area contributed by atoms with Crippen molar-refractivity contribution in [3.63, 3.8) is 0 Å². The molecular formula is C15H18N4O. The molecule has 5 nitrogen and oxygen atoms in total. The van der Waals surface area contributed by atoms with E-state index in [9.17, 15) is 4.79 Å². The van der Waals surface area contributed by atoms with Crippen molar-refractivity contribution in [3.8, 4) is 11.3 Å². The first-order chi connectivity index (χ1) is 9.48. The van der Waals surface area contributed by atoms with Crippen LogP contribution in [0.4, 0.5) is 0 Å². The predicted octanol–water partition coefficient (Wildman–Crippen LogP) is 2.20. The highest BCUT2D eigenvalue weighted by molar-refractivity contribution is 5.81. The minimum absolute atomic E-state index is 0.0136. The molecule has 20 heavy (non-hydrogen) atoms. The minimum atomic E-state index is -0.420. The van der Waals surface area contributed by atoms with E-state index in [0.717, 1.165) is 17.0 Å². The first-order valence-corrected chi connectivity index (χ1v) is 6.47. The Morgan fingerprint density at radius 2 is 1.95 bits per heavy atom. The summed E-state index contributed by atoms with van der Waals surface area (Å²) in [5.41, 5.74) is 1.95. The summed E-state index contributed by atoms with van der Waals surface area (Å²) in [7, 11) is 0. The molecule has 0 aliphatic heterocycles. The quantitative estimate of drug-likeness (QED) is 0.928. The molecule has 0 fully saturated rings. The molecule has 1 N–H and O–H groups in total. The van der Waals surface area contributed by atoms with E-state index >= 15 is 0 Å². The van der Waals surface area contributed by atoms with Gasteiger partial charge in [-0.3, -0.25) is 19.7 Å². The Kier molecular flexibility index (Phi) is 4.08. The number of hydrogen-bond acceptors (Lipinski definition) is 4. The van der Waals surface area contributed by atoms with E-state index in [1.165, 1.54) is 0 Å². The van der Waals surface area contributed by atoms with Gasteiger partial charge in [0.05, 0.1) is 17.9 Å². The highest BCUT2D eigenvalue weighted by Gasteiger charge is 2.21. The molecule has 2 aromatic rings. The molecule has 0 aliphatic rings. The van der Waals surface area contributed by atoms with Crippen molar-refractivity contribution in [2.75, 3.05) is 0 Å². The summed E-state index contributed by atoms with van der Waals surface area (Å²) >= 11 is 0. The van der Waals surface area contributed by atoms with E-state index < -0.39 is 5.41 Å². The van der Waals surface area contributed by atoms with Gasteiger partial charge in [-0.25, -0.2) is 0 Å². The van der Waals surface area contributed by atoms with Gasteiger partial charge in [-0.15, -0.1) is 0 Å². The van der Waals surface area contributed by atoms with Crippen molar-refractivity contribution < 1.29 is 4.79 Å². The van der Waals surface area contributed by atoms with Crippen molar-refractivity contribution in [2.45, 2.75) is 27.3 Å². The van der Waals surface area contributed by atoms with E-state index in [2.05, 4.69) is 20.3 Å². The van der Waals surface area contributed by atoms with Crippen LogP contribution in [0.5, 0.6) is 0 Å². The molecule has 2 heterocycles. The fraction of sp³-hybridized carbons (Fsp3) is 0.333. The van der Waals surface area contributed by atoms with Gasteiger partial charge in [0, 0.05) is 35.8 Å². The molecule has 2 rings (SSSR count). The Hall–Kier alpha value is -2.30. The van der Waals surface area contributed by atoms with Gasteiger partial charge < -0.3 is 5.32 Å². The number of rotatable bonds is 3. The van der Waals surface area contributed by atoms with Crippen molar-refractivity contribution in [1.82, 2.24) is 20.3 Å². The molecule has 0 radical (unpaired) electrons. The zero-order valence-corrected chi connectivity index (χ0v) is 11.9. The van der Waals surface area contributed by atoms with Gasteiger partial charge in [0.2, 0.25) is 5.91 Å². The molecule has 0 unspecified atom stereocenters. The highest BCUT2D eigenvalue weighted by Crippen LogP contribution is 2.19. The summed E-state index contributed by atoms with van der Waals surface area (Å²) in [5.74, 6) is -0.0136. The summed E-state index contributed by atoms with van der Waals surface area (Å²) in [5, 5.41) is 2.89. The van der Waals surface area contributed by atoms with Crippen LogP contribution in [0.25, 0.3) is 11.3 Å². The summed E-state index contributed by atoms with van der Waals surface area (Å²) < 4.78 is 0. The fourth-order valence-corrected chi connectivity index (χ4v) is 1.67. The summed E-state index contributed by atoms with van der Waals surface area (Å²) in [6, 6.07) is 3.77. The van der Waals surface area contributed by atoms with Crippen molar-refractivity contribution >= 4 is 5.91 Å². The lowest BCUT2D eigenvalue weighted by Crippen LogP contribution is -2.34. The van der Waals surface area contributed by atoms with Crippen LogP contribution in [0.3, 0.4) is 0 Å². The van der Waals surface area contributed by atoms with E-state index in [-0.39, 0.29) is 5.91 Å². The van der Waals surface area contributed by atoms with Crippen LogP contribution in [0.2, 0.25) is 0 Å². The van der Waals surface area contributed by atoms with Crippen molar-refractivity contribution in [1.29, 1.82) is 0 Å². The lowest BCUT2D eigenvalue weighted by molar-refractivity contribution is -0.128. The molecule has 0 aliphatic carbocycles. The second-order valence-corrected chi connectivity index (χ2v) is 5.53. The first kappa shape index (κ1) is 14.1. The van der Waals surface area contributed by atoms with E-state index in [0.29, 0.717) is 6.54 Å². The van der Waals surface area contributed by atoms with Crippen molar-refractivity contribution in [2.24, 2.45) is 5.41 Å². The van der Waals surface area contributed by atoms with Crippen molar-refractivity contribution in [3.05, 3.63) is 42.6 Å². The third kappa shape index (κ3) is 3.38. The fourth-order valence-electron chi connectivity index (χ4n) is 1.67. The van der Waals surface area contributed by atoms with Crippen LogP contribution in [0.15, 0.2) is 36.9 Å². The number of hydrogen-bond donors (Lipinski definition) is 1. The zero-order chi connectivity index (χ0) is 14.6. The van der Waals surface area contributed by atoms with Gasteiger partial charge >= 0.3 is 0 Å². The minimum Gasteiger partial charge on any atom is -0.350 e. The Bertz CT molecular complexity index is 590. The molecule has 5 heteroatoms. The molecule has 0 saturated carbocycles. The maximum Gasteiger partial charge on any atom is 0.225 e. The van der Waals surface area contributed by atoms with Gasteiger partial charge in [0.1, 0.15) is 0 Å². The van der Waals surface area contributed by atoms with Crippen LogP contribution in [-0.4, -0.2) is 20.9 Å². The molecule has 2 aromatic heterocycles. The van der Waals surface area contributed by atoms with Gasteiger partial charge in [-0.1, -0.05) is 20.8 Å².